The van der Waals surface area contributed by atoms with Crippen LogP contribution in [0.15, 0.2) is 5.38 Å². The van der Waals surface area contributed by atoms with Crippen molar-refractivity contribution in [3.63, 3.8) is 0 Å². The van der Waals surface area contributed by atoms with Crippen LogP contribution in [0.5, 0.6) is 0 Å². The Balaban J connectivity index is 2.39. The van der Waals surface area contributed by atoms with Crippen LogP contribution in [0, 0.1) is 12.8 Å². The number of aliphatic hydroxyl groups is 1. The number of hydrogen-bond donors (Lipinski definition) is 2. The second-order valence-electron chi connectivity index (χ2n) is 4.13. The molecular formula is C11H20N2OS. The van der Waals surface area contributed by atoms with Crippen LogP contribution in [0.3, 0.4) is 0 Å². The Bertz CT molecular complexity index is 286. The Labute approximate surface area is 95.6 Å². The molecule has 0 spiro atoms. The van der Waals surface area contributed by atoms with E-state index in [9.17, 15) is 0 Å². The second-order valence-corrected chi connectivity index (χ2v) is 5.07. The first-order valence-corrected chi connectivity index (χ1v) is 6.26. The Morgan fingerprint density at radius 2 is 2.27 bits per heavy atom. The average molecular weight is 228 g/mol. The van der Waals surface area contributed by atoms with E-state index in [1.165, 1.54) is 0 Å². The molecule has 0 aromatic carbocycles. The van der Waals surface area contributed by atoms with E-state index < -0.39 is 0 Å². The minimum absolute atomic E-state index is 0.243. The lowest BCUT2D eigenvalue weighted by Gasteiger charge is -2.20. The number of nitrogens with zero attached hydrogens (tertiary/aromatic N) is 1. The molecule has 0 saturated carbocycles. The van der Waals surface area contributed by atoms with Crippen LogP contribution in [0.2, 0.25) is 0 Å². The topological polar surface area (TPSA) is 45.1 Å². The third kappa shape index (κ3) is 4.28. The number of aliphatic hydroxyl groups excluding tert-OH is 1. The van der Waals surface area contributed by atoms with Crippen LogP contribution in [-0.2, 0) is 6.54 Å². The molecule has 0 aliphatic carbocycles. The Morgan fingerprint density at radius 1 is 1.53 bits per heavy atom. The molecule has 0 amide bonds. The molecule has 86 valence electrons. The van der Waals surface area contributed by atoms with E-state index in [2.05, 4.69) is 29.5 Å². The smallest absolute Gasteiger partial charge is 0.107 e. The highest BCUT2D eigenvalue weighted by Gasteiger charge is 2.12. The first-order valence-electron chi connectivity index (χ1n) is 5.38. The molecule has 1 rings (SSSR count). The third-order valence-electron chi connectivity index (χ3n) is 2.43. The first-order chi connectivity index (χ1) is 7.13. The minimum Gasteiger partial charge on any atom is -0.396 e. The van der Waals surface area contributed by atoms with E-state index in [0.29, 0.717) is 12.0 Å². The summed E-state index contributed by atoms with van der Waals surface area (Å²) in [5.41, 5.74) is 1.08. The summed E-state index contributed by atoms with van der Waals surface area (Å²) in [6.07, 6.45) is 0.808. The van der Waals surface area contributed by atoms with Crippen molar-refractivity contribution in [2.75, 3.05) is 6.61 Å². The van der Waals surface area contributed by atoms with Gasteiger partial charge in [-0.3, -0.25) is 0 Å². The Kier molecular flexibility index (Phi) is 5.22. The summed E-state index contributed by atoms with van der Waals surface area (Å²) < 4.78 is 0. The third-order valence-corrected chi connectivity index (χ3v) is 3.39. The summed E-state index contributed by atoms with van der Waals surface area (Å²) in [5.74, 6) is 0.540. The van der Waals surface area contributed by atoms with Gasteiger partial charge in [0.25, 0.3) is 0 Å². The van der Waals surface area contributed by atoms with Crippen LogP contribution < -0.4 is 5.32 Å². The lowest BCUT2D eigenvalue weighted by Crippen LogP contribution is -2.34. The van der Waals surface area contributed by atoms with Crippen molar-refractivity contribution in [2.45, 2.75) is 39.8 Å². The zero-order valence-corrected chi connectivity index (χ0v) is 10.5. The molecule has 0 fully saturated rings. The number of aryl methyl sites for hydroxylation is 1. The maximum Gasteiger partial charge on any atom is 0.107 e. The van der Waals surface area contributed by atoms with Gasteiger partial charge >= 0.3 is 0 Å². The first kappa shape index (κ1) is 12.6. The maximum absolute atomic E-state index is 8.93. The van der Waals surface area contributed by atoms with Gasteiger partial charge in [-0.25, -0.2) is 4.98 Å². The van der Waals surface area contributed by atoms with Crippen molar-refractivity contribution in [1.29, 1.82) is 0 Å². The molecule has 1 aromatic heterocycles. The van der Waals surface area contributed by atoms with E-state index in [-0.39, 0.29) is 6.61 Å². The van der Waals surface area contributed by atoms with Gasteiger partial charge in [-0.2, -0.15) is 0 Å². The number of rotatable bonds is 6. The summed E-state index contributed by atoms with van der Waals surface area (Å²) in [7, 11) is 0. The molecule has 0 saturated heterocycles. The fourth-order valence-electron chi connectivity index (χ4n) is 1.51. The molecule has 15 heavy (non-hydrogen) atoms. The number of aromatic nitrogens is 1. The monoisotopic (exact) mass is 228 g/mol. The number of thiazole rings is 1. The van der Waals surface area contributed by atoms with Gasteiger partial charge in [0.2, 0.25) is 0 Å². The highest BCUT2D eigenvalue weighted by molar-refractivity contribution is 7.09. The molecule has 4 heteroatoms. The van der Waals surface area contributed by atoms with Crippen molar-refractivity contribution in [1.82, 2.24) is 10.3 Å². The second kappa shape index (κ2) is 6.20. The SMILES string of the molecule is Cc1csc(CNC(CCO)C(C)C)n1. The van der Waals surface area contributed by atoms with Crippen molar-refractivity contribution >= 4 is 11.3 Å². The minimum atomic E-state index is 0.243. The Hall–Kier alpha value is -0.450. The van der Waals surface area contributed by atoms with Gasteiger partial charge in [0.05, 0.1) is 0 Å². The number of hydrogen-bond acceptors (Lipinski definition) is 4. The van der Waals surface area contributed by atoms with Crippen LogP contribution in [0.1, 0.15) is 31.0 Å². The lowest BCUT2D eigenvalue weighted by atomic mass is 10.0. The molecule has 1 unspecified atom stereocenters. The molecule has 3 nitrogen and oxygen atoms in total. The van der Waals surface area contributed by atoms with Gasteiger partial charge in [0, 0.05) is 30.3 Å². The Morgan fingerprint density at radius 3 is 2.73 bits per heavy atom. The van der Waals surface area contributed by atoms with Gasteiger partial charge < -0.3 is 10.4 Å². The van der Waals surface area contributed by atoms with Gasteiger partial charge in [-0.1, -0.05) is 13.8 Å². The fourth-order valence-corrected chi connectivity index (χ4v) is 2.24. The summed E-state index contributed by atoms with van der Waals surface area (Å²) in [4.78, 5) is 4.40. The quantitative estimate of drug-likeness (QED) is 0.782. The van der Waals surface area contributed by atoms with Crippen LogP contribution in [0.4, 0.5) is 0 Å². The van der Waals surface area contributed by atoms with Gasteiger partial charge in [-0.05, 0) is 19.3 Å². The zero-order chi connectivity index (χ0) is 11.3. The fraction of sp³-hybridized carbons (Fsp3) is 0.727. The van der Waals surface area contributed by atoms with Crippen LogP contribution in [0.25, 0.3) is 0 Å². The van der Waals surface area contributed by atoms with E-state index in [1.807, 2.05) is 6.92 Å². The van der Waals surface area contributed by atoms with E-state index >= 15 is 0 Å². The lowest BCUT2D eigenvalue weighted by molar-refractivity contribution is 0.244. The standard InChI is InChI=1S/C11H20N2OS/c1-8(2)10(4-5-14)12-6-11-13-9(3)7-15-11/h7-8,10,12,14H,4-6H2,1-3H3. The molecule has 0 radical (unpaired) electrons. The molecule has 1 aromatic rings. The molecule has 2 N–H and O–H groups in total. The van der Waals surface area contributed by atoms with Crippen molar-refractivity contribution in [2.24, 2.45) is 5.92 Å². The normalized spacial score (nSPS) is 13.4. The summed E-state index contributed by atoms with van der Waals surface area (Å²) in [6.45, 7) is 7.39. The van der Waals surface area contributed by atoms with Crippen molar-refractivity contribution < 1.29 is 5.11 Å². The van der Waals surface area contributed by atoms with Crippen LogP contribution >= 0.6 is 11.3 Å². The molecule has 0 bridgehead atoms. The summed E-state index contributed by atoms with van der Waals surface area (Å²) in [5, 5.41) is 15.6. The highest BCUT2D eigenvalue weighted by atomic mass is 32.1. The average Bonchev–Trinajstić information content (AvgIpc) is 2.58. The maximum atomic E-state index is 8.93. The molecule has 1 atom stereocenters. The molecule has 0 aliphatic heterocycles. The largest absolute Gasteiger partial charge is 0.396 e. The van der Waals surface area contributed by atoms with Crippen molar-refractivity contribution in [3.05, 3.63) is 16.1 Å². The zero-order valence-electron chi connectivity index (χ0n) is 9.66. The van der Waals surface area contributed by atoms with Crippen LogP contribution in [-0.4, -0.2) is 22.7 Å². The van der Waals surface area contributed by atoms with E-state index in [1.54, 1.807) is 11.3 Å². The summed E-state index contributed by atoms with van der Waals surface area (Å²) in [6, 6.07) is 0.374. The van der Waals surface area contributed by atoms with Gasteiger partial charge in [0.15, 0.2) is 0 Å². The van der Waals surface area contributed by atoms with E-state index in [0.717, 1.165) is 23.7 Å². The van der Waals surface area contributed by atoms with Crippen molar-refractivity contribution in [3.8, 4) is 0 Å². The van der Waals surface area contributed by atoms with Gasteiger partial charge in [0.1, 0.15) is 5.01 Å². The summed E-state index contributed by atoms with van der Waals surface area (Å²) >= 11 is 1.69. The van der Waals surface area contributed by atoms with E-state index in [4.69, 9.17) is 5.11 Å². The predicted octanol–water partition coefficient (Wildman–Crippen LogP) is 1.95. The molecule has 0 aliphatic rings. The molecular weight excluding hydrogens is 208 g/mol. The predicted molar refractivity (Wildman–Crippen MR) is 64.0 cm³/mol. The highest BCUT2D eigenvalue weighted by Crippen LogP contribution is 2.11. The molecule has 1 heterocycles. The number of nitrogens with one attached hydrogen (secondary N) is 1. The van der Waals surface area contributed by atoms with Gasteiger partial charge in [-0.15, -0.1) is 11.3 Å².